The summed E-state index contributed by atoms with van der Waals surface area (Å²) in [5.41, 5.74) is 0.269. The highest BCUT2D eigenvalue weighted by Crippen LogP contribution is 2.10. The fraction of sp³-hybridized carbons (Fsp3) is 0.222. The molecular weight excluding hydrogens is 182 g/mol. The number of nitrogens with one attached hydrogen (secondary N) is 1. The molecule has 1 aromatic rings. The lowest BCUT2D eigenvalue weighted by Gasteiger charge is -2.05. The van der Waals surface area contributed by atoms with Gasteiger partial charge in [-0.1, -0.05) is 5.92 Å². The van der Waals surface area contributed by atoms with Gasteiger partial charge in [0.2, 0.25) is 0 Å². The minimum Gasteiger partial charge on any atom is -0.465 e. The third kappa shape index (κ3) is 2.20. The van der Waals surface area contributed by atoms with Crippen molar-refractivity contribution in [3.05, 3.63) is 18.1 Å². The van der Waals surface area contributed by atoms with Gasteiger partial charge in [0, 0.05) is 6.20 Å². The molecule has 0 aliphatic rings. The molecular formula is C9H9N3O2. The van der Waals surface area contributed by atoms with Crippen LogP contribution in [-0.2, 0) is 4.74 Å². The summed E-state index contributed by atoms with van der Waals surface area (Å²) in [6, 6.07) is 0. The molecule has 0 amide bonds. The Kier molecular flexibility index (Phi) is 3.44. The number of terminal acetylenes is 1. The molecule has 0 fully saturated rings. The molecule has 0 saturated carbocycles. The number of nitrogens with zero attached hydrogens (tertiary/aromatic N) is 2. The Bertz CT molecular complexity index is 371. The van der Waals surface area contributed by atoms with Gasteiger partial charge in [0.1, 0.15) is 17.7 Å². The number of carbonyl (C=O) groups is 1. The molecule has 1 heterocycles. The van der Waals surface area contributed by atoms with Gasteiger partial charge in [-0.05, 0) is 0 Å². The number of rotatable bonds is 3. The van der Waals surface area contributed by atoms with E-state index in [9.17, 15) is 4.79 Å². The van der Waals surface area contributed by atoms with Crippen LogP contribution in [0.25, 0.3) is 0 Å². The van der Waals surface area contributed by atoms with Crippen LogP contribution in [0, 0.1) is 12.3 Å². The van der Waals surface area contributed by atoms with E-state index >= 15 is 0 Å². The number of carbonyl (C=O) groups excluding carboxylic acids is 1. The zero-order valence-electron chi connectivity index (χ0n) is 7.65. The van der Waals surface area contributed by atoms with Gasteiger partial charge in [-0.2, -0.15) is 0 Å². The van der Waals surface area contributed by atoms with E-state index in [0.29, 0.717) is 12.4 Å². The molecule has 5 nitrogen and oxygen atoms in total. The SMILES string of the molecule is C#CCNc1ncncc1C(=O)OC. The van der Waals surface area contributed by atoms with Crippen molar-refractivity contribution in [2.75, 3.05) is 19.0 Å². The molecule has 0 radical (unpaired) electrons. The second-order valence-electron chi connectivity index (χ2n) is 2.33. The minimum absolute atomic E-state index is 0.269. The number of anilines is 1. The van der Waals surface area contributed by atoms with E-state index in [1.807, 2.05) is 0 Å². The molecule has 0 bridgehead atoms. The summed E-state index contributed by atoms with van der Waals surface area (Å²) in [5.74, 6) is 2.26. The van der Waals surface area contributed by atoms with Crippen molar-refractivity contribution in [2.45, 2.75) is 0 Å². The highest BCUT2D eigenvalue weighted by atomic mass is 16.5. The molecule has 14 heavy (non-hydrogen) atoms. The van der Waals surface area contributed by atoms with Crippen molar-refractivity contribution in [1.29, 1.82) is 0 Å². The summed E-state index contributed by atoms with van der Waals surface area (Å²) in [5, 5.41) is 2.79. The molecule has 5 heteroatoms. The van der Waals surface area contributed by atoms with Crippen molar-refractivity contribution in [3.8, 4) is 12.3 Å². The maximum absolute atomic E-state index is 11.2. The van der Waals surface area contributed by atoms with Gasteiger partial charge >= 0.3 is 5.97 Å². The average Bonchev–Trinajstić information content (AvgIpc) is 2.25. The standard InChI is InChI=1S/C9H9N3O2/c1-3-4-11-8-7(9(13)14-2)5-10-6-12-8/h1,5-6H,4H2,2H3,(H,10,11,12). The lowest BCUT2D eigenvalue weighted by molar-refractivity contribution is 0.0601. The largest absolute Gasteiger partial charge is 0.465 e. The lowest BCUT2D eigenvalue weighted by atomic mass is 10.3. The van der Waals surface area contributed by atoms with E-state index in [0.717, 1.165) is 0 Å². The van der Waals surface area contributed by atoms with Crippen molar-refractivity contribution in [1.82, 2.24) is 9.97 Å². The average molecular weight is 191 g/mol. The predicted octanol–water partition coefficient (Wildman–Crippen LogP) is 0.308. The first kappa shape index (κ1) is 9.99. The van der Waals surface area contributed by atoms with Crippen LogP contribution in [0.5, 0.6) is 0 Å². The zero-order chi connectivity index (χ0) is 10.4. The van der Waals surface area contributed by atoms with Gasteiger partial charge in [-0.3, -0.25) is 0 Å². The zero-order valence-corrected chi connectivity index (χ0v) is 7.65. The van der Waals surface area contributed by atoms with Gasteiger partial charge in [0.25, 0.3) is 0 Å². The molecule has 0 aromatic carbocycles. The van der Waals surface area contributed by atoms with Gasteiger partial charge < -0.3 is 10.1 Å². The van der Waals surface area contributed by atoms with Crippen LogP contribution in [0.4, 0.5) is 5.82 Å². The summed E-state index contributed by atoms with van der Waals surface area (Å²) < 4.78 is 4.55. The maximum atomic E-state index is 11.2. The second-order valence-corrected chi connectivity index (χ2v) is 2.33. The highest BCUT2D eigenvalue weighted by Gasteiger charge is 2.11. The Balaban J connectivity index is 2.92. The smallest absolute Gasteiger partial charge is 0.343 e. The summed E-state index contributed by atoms with van der Waals surface area (Å²) in [6.45, 7) is 0.293. The molecule has 0 saturated heterocycles. The van der Waals surface area contributed by atoms with Gasteiger partial charge in [0.05, 0.1) is 13.7 Å². The first-order valence-corrected chi connectivity index (χ1v) is 3.85. The fourth-order valence-corrected chi connectivity index (χ4v) is 0.865. The Morgan fingerprint density at radius 3 is 3.21 bits per heavy atom. The van der Waals surface area contributed by atoms with E-state index < -0.39 is 5.97 Å². The normalized spacial score (nSPS) is 8.86. The summed E-state index contributed by atoms with van der Waals surface area (Å²) >= 11 is 0. The highest BCUT2D eigenvalue weighted by molar-refractivity contribution is 5.94. The van der Waals surface area contributed by atoms with Crippen molar-refractivity contribution in [3.63, 3.8) is 0 Å². The number of hydrogen-bond donors (Lipinski definition) is 1. The molecule has 0 spiro atoms. The number of esters is 1. The number of hydrogen-bond acceptors (Lipinski definition) is 5. The van der Waals surface area contributed by atoms with Gasteiger partial charge in [-0.25, -0.2) is 14.8 Å². The lowest BCUT2D eigenvalue weighted by Crippen LogP contribution is -2.10. The van der Waals surface area contributed by atoms with Crippen LogP contribution in [0.3, 0.4) is 0 Å². The Morgan fingerprint density at radius 1 is 1.79 bits per heavy atom. The summed E-state index contributed by atoms with van der Waals surface area (Å²) in [6.07, 6.45) is 7.76. The van der Waals surface area contributed by atoms with E-state index in [-0.39, 0.29) is 5.56 Å². The van der Waals surface area contributed by atoms with E-state index in [1.165, 1.54) is 19.6 Å². The Morgan fingerprint density at radius 2 is 2.57 bits per heavy atom. The van der Waals surface area contributed by atoms with Crippen molar-refractivity contribution >= 4 is 11.8 Å². The first-order chi connectivity index (χ1) is 6.79. The van der Waals surface area contributed by atoms with Crippen molar-refractivity contribution < 1.29 is 9.53 Å². The van der Waals surface area contributed by atoms with Crippen LogP contribution >= 0.6 is 0 Å². The maximum Gasteiger partial charge on any atom is 0.343 e. The van der Waals surface area contributed by atoms with E-state index in [2.05, 4.69) is 25.9 Å². The first-order valence-electron chi connectivity index (χ1n) is 3.85. The van der Waals surface area contributed by atoms with Crippen LogP contribution in [0.2, 0.25) is 0 Å². The van der Waals surface area contributed by atoms with Gasteiger partial charge in [0.15, 0.2) is 0 Å². The topological polar surface area (TPSA) is 64.1 Å². The van der Waals surface area contributed by atoms with Crippen LogP contribution in [0.1, 0.15) is 10.4 Å². The Labute approximate surface area is 81.5 Å². The summed E-state index contributed by atoms with van der Waals surface area (Å²) in [7, 11) is 1.29. The molecule has 0 aliphatic heterocycles. The molecule has 72 valence electrons. The minimum atomic E-state index is -0.495. The molecule has 0 aliphatic carbocycles. The van der Waals surface area contributed by atoms with Crippen molar-refractivity contribution in [2.24, 2.45) is 0 Å². The van der Waals surface area contributed by atoms with Gasteiger partial charge in [-0.15, -0.1) is 6.42 Å². The quantitative estimate of drug-likeness (QED) is 0.550. The number of ether oxygens (including phenoxy) is 1. The number of aromatic nitrogens is 2. The van der Waals surface area contributed by atoms with Crippen LogP contribution in [0.15, 0.2) is 12.5 Å². The third-order valence-corrected chi connectivity index (χ3v) is 1.48. The van der Waals surface area contributed by atoms with Crippen LogP contribution < -0.4 is 5.32 Å². The molecule has 1 N–H and O–H groups in total. The number of methoxy groups -OCH3 is 1. The monoisotopic (exact) mass is 191 g/mol. The third-order valence-electron chi connectivity index (χ3n) is 1.48. The second kappa shape index (κ2) is 4.82. The fourth-order valence-electron chi connectivity index (χ4n) is 0.865. The molecule has 1 rings (SSSR count). The molecule has 0 atom stereocenters. The predicted molar refractivity (Wildman–Crippen MR) is 50.7 cm³/mol. The van der Waals surface area contributed by atoms with E-state index in [1.54, 1.807) is 0 Å². The van der Waals surface area contributed by atoms with E-state index in [4.69, 9.17) is 6.42 Å². The molecule has 1 aromatic heterocycles. The Hall–Kier alpha value is -2.09. The molecule has 0 unspecified atom stereocenters. The summed E-state index contributed by atoms with van der Waals surface area (Å²) in [4.78, 5) is 18.8. The van der Waals surface area contributed by atoms with Crippen LogP contribution in [-0.4, -0.2) is 29.6 Å².